The van der Waals surface area contributed by atoms with Crippen LogP contribution in [0.2, 0.25) is 0 Å². The van der Waals surface area contributed by atoms with E-state index in [0.29, 0.717) is 6.04 Å². The lowest BCUT2D eigenvalue weighted by atomic mass is 9.96. The average molecular weight is 175 g/mol. The quantitative estimate of drug-likeness (QED) is 0.210. The number of nitrogens with zero attached hydrogens (tertiary/aromatic N) is 1. The van der Waals surface area contributed by atoms with Gasteiger partial charge >= 0.3 is 0 Å². The third-order valence-corrected chi connectivity index (χ3v) is 2.07. The minimum atomic E-state index is -0.726. The van der Waals surface area contributed by atoms with Crippen LogP contribution in [0.3, 0.4) is 0 Å². The van der Waals surface area contributed by atoms with Gasteiger partial charge in [0, 0.05) is 6.04 Å². The fourth-order valence-electron chi connectivity index (χ4n) is 1.45. The van der Waals surface area contributed by atoms with Gasteiger partial charge in [0.1, 0.15) is 0 Å². The maximum Gasteiger partial charge on any atom is 0.0263 e. The van der Waals surface area contributed by atoms with Gasteiger partial charge in [0.25, 0.3) is 0 Å². The molecule has 1 rings (SSSR count). The van der Waals surface area contributed by atoms with E-state index in [1.165, 1.54) is 19.3 Å². The molecular weight excluding hydrogens is 156 g/mol. The molecule has 0 aliphatic heterocycles. The number of quaternary nitrogens is 1. The highest BCUT2D eigenvalue weighted by Crippen LogP contribution is 2.16. The summed E-state index contributed by atoms with van der Waals surface area (Å²) in [6.45, 7) is 0. The molecule has 1 aliphatic rings. The van der Waals surface area contributed by atoms with Crippen molar-refractivity contribution in [3.05, 3.63) is 0 Å². The van der Waals surface area contributed by atoms with Gasteiger partial charge in [-0.25, -0.2) is 5.43 Å². The molecule has 0 atom stereocenters. The van der Waals surface area contributed by atoms with E-state index < -0.39 is 4.92 Å². The topological polar surface area (TPSA) is 102 Å². The molecule has 0 saturated heterocycles. The fourth-order valence-corrected chi connectivity index (χ4v) is 1.45. The third kappa shape index (κ3) is 3.96. The molecule has 0 aromatic carbocycles. The minimum Gasteiger partial charge on any atom is -0.204 e. The summed E-state index contributed by atoms with van der Waals surface area (Å²) in [4.78, 5) is -0.726. The van der Waals surface area contributed by atoms with Crippen LogP contribution in [-0.2, 0) is 0 Å². The van der Waals surface area contributed by atoms with Crippen LogP contribution < -0.4 is 28.5 Å². The molecular formula is C6H19N6+. The predicted molar refractivity (Wildman–Crippen MR) is 46.0 cm³/mol. The molecule has 72 valence electrons. The van der Waals surface area contributed by atoms with E-state index in [2.05, 4.69) is 11.0 Å². The SMILES string of the molecule is N[N+](N)(N)NNC1CCCCC1. The maximum absolute atomic E-state index is 5.27. The van der Waals surface area contributed by atoms with Crippen LogP contribution in [0, 0.1) is 0 Å². The van der Waals surface area contributed by atoms with Gasteiger partial charge < -0.3 is 0 Å². The highest BCUT2D eigenvalue weighted by Gasteiger charge is 2.16. The zero-order valence-electron chi connectivity index (χ0n) is 7.29. The Kier molecular flexibility index (Phi) is 3.39. The predicted octanol–water partition coefficient (Wildman–Crippen LogP) is -1.23. The van der Waals surface area contributed by atoms with Crippen LogP contribution in [0.5, 0.6) is 0 Å². The van der Waals surface area contributed by atoms with E-state index in [1.54, 1.807) is 0 Å². The normalized spacial score (nSPS) is 21.2. The Labute approximate surface area is 72.5 Å². The van der Waals surface area contributed by atoms with Crippen molar-refractivity contribution in [2.45, 2.75) is 38.1 Å². The molecule has 0 radical (unpaired) electrons. The second-order valence-electron chi connectivity index (χ2n) is 3.43. The van der Waals surface area contributed by atoms with Crippen LogP contribution in [0.1, 0.15) is 32.1 Å². The van der Waals surface area contributed by atoms with E-state index in [4.69, 9.17) is 17.5 Å². The molecule has 0 amide bonds. The second-order valence-corrected chi connectivity index (χ2v) is 3.43. The summed E-state index contributed by atoms with van der Waals surface area (Å²) in [7, 11) is 0. The lowest BCUT2D eigenvalue weighted by Crippen LogP contribution is -2.77. The van der Waals surface area contributed by atoms with E-state index in [0.717, 1.165) is 12.8 Å². The highest BCUT2D eigenvalue weighted by atomic mass is 16.1. The first kappa shape index (κ1) is 9.85. The summed E-state index contributed by atoms with van der Waals surface area (Å²) in [6.07, 6.45) is 6.17. The Morgan fingerprint density at radius 1 is 1.00 bits per heavy atom. The molecule has 12 heavy (non-hydrogen) atoms. The number of hydrazine groups is 1. The van der Waals surface area contributed by atoms with Gasteiger partial charge in [0.05, 0.1) is 0 Å². The average Bonchev–Trinajstić information content (AvgIpc) is 2.02. The minimum absolute atomic E-state index is 0.451. The summed E-state index contributed by atoms with van der Waals surface area (Å²) in [5.74, 6) is 15.8. The molecule has 6 heteroatoms. The van der Waals surface area contributed by atoms with Crippen molar-refractivity contribution < 1.29 is 4.92 Å². The molecule has 8 N–H and O–H groups in total. The van der Waals surface area contributed by atoms with Gasteiger partial charge in [-0.2, -0.15) is 0 Å². The van der Waals surface area contributed by atoms with Gasteiger partial charge in [-0.3, -0.25) is 0 Å². The van der Waals surface area contributed by atoms with Crippen LogP contribution in [-0.4, -0.2) is 11.0 Å². The lowest BCUT2D eigenvalue weighted by molar-refractivity contribution is -1.01. The van der Waals surface area contributed by atoms with E-state index >= 15 is 0 Å². The van der Waals surface area contributed by atoms with Gasteiger partial charge in [-0.1, -0.05) is 19.3 Å². The summed E-state index contributed by atoms with van der Waals surface area (Å²) in [5, 5.41) is 0. The molecule has 0 aromatic heterocycles. The van der Waals surface area contributed by atoms with Gasteiger partial charge in [0.15, 0.2) is 0 Å². The lowest BCUT2D eigenvalue weighted by Gasteiger charge is -2.26. The van der Waals surface area contributed by atoms with Crippen molar-refractivity contribution in [2.24, 2.45) is 17.5 Å². The van der Waals surface area contributed by atoms with Gasteiger partial charge in [-0.05, 0) is 23.3 Å². The monoisotopic (exact) mass is 175 g/mol. The molecule has 1 aliphatic carbocycles. The number of hydrogen-bond donors (Lipinski definition) is 5. The maximum atomic E-state index is 5.27. The summed E-state index contributed by atoms with van der Waals surface area (Å²) >= 11 is 0. The zero-order valence-corrected chi connectivity index (χ0v) is 7.29. The molecule has 1 saturated carbocycles. The highest BCUT2D eigenvalue weighted by molar-refractivity contribution is 4.68. The van der Waals surface area contributed by atoms with Crippen molar-refractivity contribution >= 4 is 0 Å². The number of nitrogens with two attached hydrogens (primary N) is 3. The third-order valence-electron chi connectivity index (χ3n) is 2.07. The smallest absolute Gasteiger partial charge is 0.0263 e. The van der Waals surface area contributed by atoms with Crippen molar-refractivity contribution in [1.82, 2.24) is 11.0 Å². The Bertz CT molecular complexity index is 124. The van der Waals surface area contributed by atoms with Crippen LogP contribution in [0.15, 0.2) is 0 Å². The summed E-state index contributed by atoms with van der Waals surface area (Å²) in [6, 6.07) is 0.451. The van der Waals surface area contributed by atoms with Crippen molar-refractivity contribution in [3.8, 4) is 0 Å². The van der Waals surface area contributed by atoms with Crippen LogP contribution >= 0.6 is 0 Å². The van der Waals surface area contributed by atoms with Gasteiger partial charge in [0.2, 0.25) is 0 Å². The fraction of sp³-hybridized carbons (Fsp3) is 1.00. The number of hydrogen-bond acceptors (Lipinski definition) is 5. The zero-order chi connectivity index (χ0) is 9.03. The standard InChI is InChI=1S/C6H19N6/c7-12(8,9)11-10-6-4-2-1-3-5-6/h6,10-11H,1-5,7-9H2/q+1. The molecule has 0 bridgehead atoms. The largest absolute Gasteiger partial charge is 0.204 e. The molecule has 0 heterocycles. The molecule has 1 fully saturated rings. The molecule has 0 aromatic rings. The Balaban J connectivity index is 2.13. The first-order valence-electron chi connectivity index (χ1n) is 4.35. The Morgan fingerprint density at radius 2 is 1.58 bits per heavy atom. The van der Waals surface area contributed by atoms with Crippen molar-refractivity contribution in [3.63, 3.8) is 0 Å². The Morgan fingerprint density at radius 3 is 2.08 bits per heavy atom. The number of nitrogens with one attached hydrogen (secondary N) is 2. The number of rotatable bonds is 3. The van der Waals surface area contributed by atoms with Crippen molar-refractivity contribution in [1.29, 1.82) is 0 Å². The Hall–Kier alpha value is -0.240. The first-order valence-corrected chi connectivity index (χ1v) is 4.35. The van der Waals surface area contributed by atoms with Gasteiger partial charge in [-0.15, -0.1) is 17.5 Å². The van der Waals surface area contributed by atoms with Crippen molar-refractivity contribution in [2.75, 3.05) is 0 Å². The summed E-state index contributed by atoms with van der Waals surface area (Å²) in [5.41, 5.74) is 5.62. The molecule has 6 nitrogen and oxygen atoms in total. The summed E-state index contributed by atoms with van der Waals surface area (Å²) < 4.78 is 0. The molecule has 0 spiro atoms. The van der Waals surface area contributed by atoms with Crippen LogP contribution in [0.25, 0.3) is 0 Å². The van der Waals surface area contributed by atoms with E-state index in [1.807, 2.05) is 0 Å². The van der Waals surface area contributed by atoms with Crippen LogP contribution in [0.4, 0.5) is 0 Å². The second kappa shape index (κ2) is 4.13. The van der Waals surface area contributed by atoms with E-state index in [9.17, 15) is 0 Å². The molecule has 0 unspecified atom stereocenters. The first-order chi connectivity index (χ1) is 5.58. The van der Waals surface area contributed by atoms with E-state index in [-0.39, 0.29) is 0 Å².